The molecule has 0 radical (unpaired) electrons. The lowest BCUT2D eigenvalue weighted by Gasteiger charge is -2.39. The van der Waals surface area contributed by atoms with Gasteiger partial charge in [-0.25, -0.2) is 4.79 Å². The van der Waals surface area contributed by atoms with E-state index in [1.54, 1.807) is 42.2 Å². The first-order chi connectivity index (χ1) is 12.5. The molecule has 0 aliphatic carbocycles. The summed E-state index contributed by atoms with van der Waals surface area (Å²) in [5, 5.41) is 9.78. The van der Waals surface area contributed by atoms with Crippen LogP contribution in [0.15, 0.2) is 41.0 Å². The molecule has 3 rings (SSSR count). The van der Waals surface area contributed by atoms with E-state index in [1.165, 1.54) is 13.4 Å². The van der Waals surface area contributed by atoms with Gasteiger partial charge in [0.1, 0.15) is 5.76 Å². The van der Waals surface area contributed by atoms with Gasteiger partial charge >= 0.3 is 5.97 Å². The molecule has 2 heterocycles. The minimum absolute atomic E-state index is 0.160. The summed E-state index contributed by atoms with van der Waals surface area (Å²) in [6, 6.07) is 8.56. The zero-order valence-electron chi connectivity index (χ0n) is 14.7. The molecule has 1 aromatic carbocycles. The lowest BCUT2D eigenvalue weighted by atomic mass is 9.90. The Morgan fingerprint density at radius 1 is 1.15 bits per heavy atom. The third-order valence-electron chi connectivity index (χ3n) is 4.71. The van der Waals surface area contributed by atoms with Gasteiger partial charge in [-0.3, -0.25) is 4.79 Å². The predicted octanol–water partition coefficient (Wildman–Crippen LogP) is 2.74. The first-order valence-electron chi connectivity index (χ1n) is 8.35. The molecule has 0 unspecified atom stereocenters. The molecule has 1 N–H and O–H groups in total. The molecule has 1 fully saturated rings. The first kappa shape index (κ1) is 17.8. The highest BCUT2D eigenvalue weighted by Gasteiger charge is 2.45. The maximum absolute atomic E-state index is 12.6. The van der Waals surface area contributed by atoms with Crippen LogP contribution < -0.4 is 9.47 Å². The van der Waals surface area contributed by atoms with Crippen molar-refractivity contribution in [2.24, 2.45) is 0 Å². The number of carboxylic acid groups (broad SMARTS) is 1. The quantitative estimate of drug-likeness (QED) is 0.883. The standard InChI is InChI=1S/C19H21NO6/c1-13-14(7-12-25-13)17(21)20-10-8-19(9-11-20,18(22)23)26-16-6-4-3-5-15(16)24-2/h3-7,12H,8-11H2,1-2H3,(H,22,23). The summed E-state index contributed by atoms with van der Waals surface area (Å²) in [5.41, 5.74) is -0.893. The van der Waals surface area contributed by atoms with Crippen molar-refractivity contribution in [3.8, 4) is 11.5 Å². The number of aliphatic carboxylic acids is 1. The summed E-state index contributed by atoms with van der Waals surface area (Å²) < 4.78 is 16.3. The number of piperidine rings is 1. The number of carbonyl (C=O) groups excluding carboxylic acids is 1. The molecule has 138 valence electrons. The SMILES string of the molecule is COc1ccccc1OC1(C(=O)O)CCN(C(=O)c2ccoc2C)CC1. The number of nitrogens with zero attached hydrogens (tertiary/aromatic N) is 1. The van der Waals surface area contributed by atoms with Crippen molar-refractivity contribution in [1.29, 1.82) is 0 Å². The molecular weight excluding hydrogens is 338 g/mol. The van der Waals surface area contributed by atoms with Crippen LogP contribution in [0.1, 0.15) is 29.0 Å². The number of hydrogen-bond acceptors (Lipinski definition) is 5. The Balaban J connectivity index is 1.76. The summed E-state index contributed by atoms with van der Waals surface area (Å²) in [4.78, 5) is 26.2. The summed E-state index contributed by atoms with van der Waals surface area (Å²) >= 11 is 0. The van der Waals surface area contributed by atoms with E-state index >= 15 is 0 Å². The molecule has 0 atom stereocenters. The third kappa shape index (κ3) is 3.24. The van der Waals surface area contributed by atoms with Crippen molar-refractivity contribution >= 4 is 11.9 Å². The number of benzene rings is 1. The second-order valence-electron chi connectivity index (χ2n) is 6.24. The van der Waals surface area contributed by atoms with Crippen molar-refractivity contribution in [3.63, 3.8) is 0 Å². The fourth-order valence-corrected chi connectivity index (χ4v) is 3.12. The average Bonchev–Trinajstić information content (AvgIpc) is 3.08. The predicted molar refractivity (Wildman–Crippen MR) is 92.6 cm³/mol. The monoisotopic (exact) mass is 359 g/mol. The van der Waals surface area contributed by atoms with Gasteiger partial charge in [0.15, 0.2) is 11.5 Å². The Morgan fingerprint density at radius 2 is 1.81 bits per heavy atom. The number of para-hydroxylation sites is 2. The van der Waals surface area contributed by atoms with Crippen LogP contribution in [0.25, 0.3) is 0 Å². The number of rotatable bonds is 5. The van der Waals surface area contributed by atoms with Crippen LogP contribution in [0.3, 0.4) is 0 Å². The lowest BCUT2D eigenvalue weighted by Crippen LogP contribution is -2.54. The molecule has 7 nitrogen and oxygen atoms in total. The van der Waals surface area contributed by atoms with Crippen molar-refractivity contribution in [1.82, 2.24) is 4.90 Å². The Morgan fingerprint density at radius 3 is 2.35 bits per heavy atom. The summed E-state index contributed by atoms with van der Waals surface area (Å²) in [7, 11) is 1.50. The normalized spacial score (nSPS) is 16.2. The van der Waals surface area contributed by atoms with Gasteiger partial charge < -0.3 is 23.9 Å². The maximum atomic E-state index is 12.6. The summed E-state index contributed by atoms with van der Waals surface area (Å²) in [6.45, 7) is 2.29. The van der Waals surface area contributed by atoms with Gasteiger partial charge in [0.05, 0.1) is 18.9 Å². The van der Waals surface area contributed by atoms with Gasteiger partial charge in [-0.1, -0.05) is 12.1 Å². The van der Waals surface area contributed by atoms with Gasteiger partial charge in [0.2, 0.25) is 5.60 Å². The van der Waals surface area contributed by atoms with Crippen molar-refractivity contribution in [2.75, 3.05) is 20.2 Å². The Bertz CT molecular complexity index is 804. The van der Waals surface area contributed by atoms with Gasteiger partial charge in [-0.05, 0) is 25.1 Å². The number of likely N-dealkylation sites (tertiary alicyclic amines) is 1. The first-order valence-corrected chi connectivity index (χ1v) is 8.35. The van der Waals surface area contributed by atoms with Gasteiger partial charge in [-0.2, -0.15) is 0 Å². The molecule has 0 bridgehead atoms. The molecule has 1 aromatic heterocycles. The van der Waals surface area contributed by atoms with Crippen LogP contribution in [-0.2, 0) is 4.79 Å². The molecule has 1 saturated heterocycles. The molecule has 1 aliphatic heterocycles. The molecule has 26 heavy (non-hydrogen) atoms. The molecule has 0 saturated carbocycles. The highest BCUT2D eigenvalue weighted by molar-refractivity contribution is 5.95. The Kier molecular flexibility index (Phi) is 4.88. The fourth-order valence-electron chi connectivity index (χ4n) is 3.12. The van der Waals surface area contributed by atoms with E-state index < -0.39 is 11.6 Å². The number of ether oxygens (including phenoxy) is 2. The van der Waals surface area contributed by atoms with Crippen LogP contribution in [0.4, 0.5) is 0 Å². The minimum atomic E-state index is -1.39. The van der Waals surface area contributed by atoms with E-state index in [0.717, 1.165) is 0 Å². The Hall–Kier alpha value is -2.96. The molecule has 1 aliphatic rings. The van der Waals surface area contributed by atoms with Crippen molar-refractivity contribution < 1.29 is 28.6 Å². The smallest absolute Gasteiger partial charge is 0.348 e. The van der Waals surface area contributed by atoms with Crippen LogP contribution in [-0.4, -0.2) is 47.7 Å². The second kappa shape index (κ2) is 7.11. The maximum Gasteiger partial charge on any atom is 0.348 e. The molecule has 2 aromatic rings. The highest BCUT2D eigenvalue weighted by Crippen LogP contribution is 2.35. The fraction of sp³-hybridized carbons (Fsp3) is 0.368. The Labute approximate surface area is 151 Å². The van der Waals surface area contributed by atoms with Crippen molar-refractivity contribution in [3.05, 3.63) is 47.9 Å². The molecule has 7 heteroatoms. The van der Waals surface area contributed by atoms with Crippen LogP contribution >= 0.6 is 0 Å². The van der Waals surface area contributed by atoms with E-state index in [9.17, 15) is 14.7 Å². The largest absolute Gasteiger partial charge is 0.493 e. The molecule has 1 amide bonds. The summed E-state index contributed by atoms with van der Waals surface area (Å²) in [6.07, 6.45) is 1.84. The van der Waals surface area contributed by atoms with Gasteiger partial charge in [0, 0.05) is 25.9 Å². The second-order valence-corrected chi connectivity index (χ2v) is 6.24. The lowest BCUT2D eigenvalue weighted by molar-refractivity contribution is -0.159. The van der Waals surface area contributed by atoms with Gasteiger partial charge in [-0.15, -0.1) is 0 Å². The number of furan rings is 1. The number of aryl methyl sites for hydroxylation is 1. The van der Waals surface area contributed by atoms with Crippen LogP contribution in [0.2, 0.25) is 0 Å². The topological polar surface area (TPSA) is 89.2 Å². The number of carbonyl (C=O) groups is 2. The number of carboxylic acids is 1. The van der Waals surface area contributed by atoms with E-state index in [-0.39, 0.29) is 31.8 Å². The zero-order valence-corrected chi connectivity index (χ0v) is 14.7. The van der Waals surface area contributed by atoms with Crippen LogP contribution in [0.5, 0.6) is 11.5 Å². The average molecular weight is 359 g/mol. The molecule has 0 spiro atoms. The van der Waals surface area contributed by atoms with Crippen LogP contribution in [0, 0.1) is 6.92 Å². The molecular formula is C19H21NO6. The van der Waals surface area contributed by atoms with E-state index in [1.807, 2.05) is 0 Å². The third-order valence-corrected chi connectivity index (χ3v) is 4.71. The number of hydrogen-bond donors (Lipinski definition) is 1. The van der Waals surface area contributed by atoms with Crippen molar-refractivity contribution in [2.45, 2.75) is 25.4 Å². The summed E-state index contributed by atoms with van der Waals surface area (Å²) in [5.74, 6) is 0.196. The highest BCUT2D eigenvalue weighted by atomic mass is 16.5. The number of amides is 1. The minimum Gasteiger partial charge on any atom is -0.493 e. The zero-order chi connectivity index (χ0) is 18.7. The van der Waals surface area contributed by atoms with E-state index in [2.05, 4.69) is 0 Å². The van der Waals surface area contributed by atoms with Gasteiger partial charge in [0.25, 0.3) is 5.91 Å². The van der Waals surface area contributed by atoms with E-state index in [0.29, 0.717) is 22.8 Å². The number of methoxy groups -OCH3 is 1. The van der Waals surface area contributed by atoms with E-state index in [4.69, 9.17) is 13.9 Å².